The SMILES string of the molecule is CCOCCCn1c(NC(=O)CCc2cccc(C)c2)nc2ccccc21. The third kappa shape index (κ3) is 5.17. The van der Waals surface area contributed by atoms with E-state index >= 15 is 0 Å². The van der Waals surface area contributed by atoms with Gasteiger partial charge in [-0.2, -0.15) is 0 Å². The van der Waals surface area contributed by atoms with Crippen LogP contribution >= 0.6 is 0 Å². The molecule has 3 rings (SSSR count). The van der Waals surface area contributed by atoms with Gasteiger partial charge >= 0.3 is 0 Å². The van der Waals surface area contributed by atoms with Gasteiger partial charge in [0.2, 0.25) is 11.9 Å². The number of hydrogen-bond donors (Lipinski definition) is 1. The van der Waals surface area contributed by atoms with E-state index in [0.29, 0.717) is 25.6 Å². The smallest absolute Gasteiger partial charge is 0.227 e. The van der Waals surface area contributed by atoms with Crippen LogP contribution in [0.2, 0.25) is 0 Å². The van der Waals surface area contributed by atoms with Gasteiger partial charge in [-0.15, -0.1) is 0 Å². The number of imidazole rings is 1. The molecule has 5 nitrogen and oxygen atoms in total. The van der Waals surface area contributed by atoms with Gasteiger partial charge in [0.1, 0.15) is 0 Å². The maximum atomic E-state index is 12.5. The fourth-order valence-corrected chi connectivity index (χ4v) is 3.18. The minimum atomic E-state index is -0.0159. The predicted molar refractivity (Wildman–Crippen MR) is 109 cm³/mol. The zero-order chi connectivity index (χ0) is 19.1. The van der Waals surface area contributed by atoms with Gasteiger partial charge in [-0.1, -0.05) is 42.0 Å². The lowest BCUT2D eigenvalue weighted by Crippen LogP contribution is -2.17. The van der Waals surface area contributed by atoms with Crippen LogP contribution in [0.25, 0.3) is 11.0 Å². The molecule has 0 unspecified atom stereocenters. The van der Waals surface area contributed by atoms with Crippen LogP contribution in [-0.4, -0.2) is 28.7 Å². The molecule has 0 atom stereocenters. The number of ether oxygens (including phenoxy) is 1. The number of anilines is 1. The van der Waals surface area contributed by atoms with Crippen molar-refractivity contribution in [3.8, 4) is 0 Å². The van der Waals surface area contributed by atoms with Crippen molar-refractivity contribution in [2.24, 2.45) is 0 Å². The zero-order valence-corrected chi connectivity index (χ0v) is 16.1. The summed E-state index contributed by atoms with van der Waals surface area (Å²) in [6.07, 6.45) is 2.03. The standard InChI is InChI=1S/C22H27N3O2/c1-3-27-15-7-14-25-20-11-5-4-10-19(20)23-22(25)24-21(26)13-12-18-9-6-8-17(2)16-18/h4-6,8-11,16H,3,7,12-15H2,1-2H3,(H,23,24,26). The van der Waals surface area contributed by atoms with Crippen molar-refractivity contribution >= 4 is 22.9 Å². The molecule has 0 aliphatic rings. The maximum absolute atomic E-state index is 12.5. The average Bonchev–Trinajstić information content (AvgIpc) is 3.01. The lowest BCUT2D eigenvalue weighted by Gasteiger charge is -2.10. The number of aromatic nitrogens is 2. The van der Waals surface area contributed by atoms with E-state index in [4.69, 9.17) is 4.74 Å². The summed E-state index contributed by atoms with van der Waals surface area (Å²) < 4.78 is 7.51. The van der Waals surface area contributed by atoms with E-state index in [1.54, 1.807) is 0 Å². The molecule has 1 aromatic heterocycles. The number of carbonyl (C=O) groups is 1. The topological polar surface area (TPSA) is 56.1 Å². The van der Waals surface area contributed by atoms with Gasteiger partial charge in [-0.05, 0) is 44.4 Å². The first kappa shape index (κ1) is 19.1. The molecule has 1 heterocycles. The summed E-state index contributed by atoms with van der Waals surface area (Å²) in [5.41, 5.74) is 4.31. The number of nitrogens with zero attached hydrogens (tertiary/aromatic N) is 2. The Bertz CT molecular complexity index is 901. The molecule has 1 N–H and O–H groups in total. The molecule has 27 heavy (non-hydrogen) atoms. The van der Waals surface area contributed by atoms with E-state index in [0.717, 1.165) is 30.4 Å². The fourth-order valence-electron chi connectivity index (χ4n) is 3.18. The minimum absolute atomic E-state index is 0.0159. The van der Waals surface area contributed by atoms with Crippen molar-refractivity contribution < 1.29 is 9.53 Å². The van der Waals surface area contributed by atoms with Crippen LogP contribution in [0.3, 0.4) is 0 Å². The summed E-state index contributed by atoms with van der Waals surface area (Å²) in [7, 11) is 0. The second kappa shape index (κ2) is 9.33. The number of aryl methyl sites for hydroxylation is 3. The van der Waals surface area contributed by atoms with Crippen molar-refractivity contribution in [3.63, 3.8) is 0 Å². The monoisotopic (exact) mass is 365 g/mol. The minimum Gasteiger partial charge on any atom is -0.382 e. The first-order valence-electron chi connectivity index (χ1n) is 9.56. The van der Waals surface area contributed by atoms with E-state index in [9.17, 15) is 4.79 Å². The number of hydrogen-bond acceptors (Lipinski definition) is 3. The van der Waals surface area contributed by atoms with Crippen LogP contribution in [0.5, 0.6) is 0 Å². The van der Waals surface area contributed by atoms with Crippen LogP contribution in [0.1, 0.15) is 30.9 Å². The number of fused-ring (bicyclic) bond motifs is 1. The molecule has 0 aliphatic heterocycles. The Morgan fingerprint density at radius 1 is 1.19 bits per heavy atom. The molecule has 0 saturated heterocycles. The molecule has 3 aromatic rings. The summed E-state index contributed by atoms with van der Waals surface area (Å²) >= 11 is 0. The predicted octanol–water partition coefficient (Wildman–Crippen LogP) is 4.34. The maximum Gasteiger partial charge on any atom is 0.227 e. The molecular formula is C22H27N3O2. The van der Waals surface area contributed by atoms with Crippen LogP contribution in [0, 0.1) is 6.92 Å². The number of benzene rings is 2. The van der Waals surface area contributed by atoms with Crippen molar-refractivity contribution in [3.05, 3.63) is 59.7 Å². The molecule has 0 radical (unpaired) electrons. The molecule has 5 heteroatoms. The highest BCUT2D eigenvalue weighted by atomic mass is 16.5. The van der Waals surface area contributed by atoms with Crippen molar-refractivity contribution in [1.29, 1.82) is 0 Å². The van der Waals surface area contributed by atoms with E-state index in [-0.39, 0.29) is 5.91 Å². The second-order valence-corrected chi connectivity index (χ2v) is 6.66. The van der Waals surface area contributed by atoms with Crippen molar-refractivity contribution in [2.75, 3.05) is 18.5 Å². The van der Waals surface area contributed by atoms with Crippen LogP contribution in [-0.2, 0) is 22.5 Å². The van der Waals surface area contributed by atoms with Gasteiger partial charge in [0.05, 0.1) is 11.0 Å². The molecule has 0 spiro atoms. The Balaban J connectivity index is 1.68. The number of amides is 1. The van der Waals surface area contributed by atoms with E-state index in [2.05, 4.69) is 40.0 Å². The Morgan fingerprint density at radius 3 is 2.85 bits per heavy atom. The van der Waals surface area contributed by atoms with E-state index in [1.807, 2.05) is 37.3 Å². The summed E-state index contributed by atoms with van der Waals surface area (Å²) in [6, 6.07) is 16.2. The highest BCUT2D eigenvalue weighted by Gasteiger charge is 2.13. The Kier molecular flexibility index (Phi) is 6.60. The van der Waals surface area contributed by atoms with Gasteiger partial charge in [0.25, 0.3) is 0 Å². The first-order valence-corrected chi connectivity index (χ1v) is 9.56. The van der Waals surface area contributed by atoms with Gasteiger partial charge in [0, 0.05) is 26.2 Å². The van der Waals surface area contributed by atoms with Gasteiger partial charge in [-0.25, -0.2) is 4.98 Å². The molecule has 0 bridgehead atoms. The number of para-hydroxylation sites is 2. The molecule has 2 aromatic carbocycles. The van der Waals surface area contributed by atoms with Crippen LogP contribution in [0.15, 0.2) is 48.5 Å². The van der Waals surface area contributed by atoms with E-state index in [1.165, 1.54) is 11.1 Å². The Labute approximate surface area is 160 Å². The normalized spacial score (nSPS) is 11.0. The van der Waals surface area contributed by atoms with Crippen LogP contribution in [0.4, 0.5) is 5.95 Å². The number of rotatable bonds is 9. The van der Waals surface area contributed by atoms with Crippen LogP contribution < -0.4 is 5.32 Å². The quantitative estimate of drug-likeness (QED) is 0.574. The molecular weight excluding hydrogens is 338 g/mol. The summed E-state index contributed by atoms with van der Waals surface area (Å²) in [5.74, 6) is 0.597. The first-order chi connectivity index (χ1) is 13.2. The highest BCUT2D eigenvalue weighted by molar-refractivity contribution is 5.91. The second-order valence-electron chi connectivity index (χ2n) is 6.66. The van der Waals surface area contributed by atoms with Crippen molar-refractivity contribution in [2.45, 2.75) is 39.7 Å². The molecule has 0 saturated carbocycles. The third-order valence-electron chi connectivity index (χ3n) is 4.50. The van der Waals surface area contributed by atoms with Gasteiger partial charge < -0.3 is 9.30 Å². The molecule has 0 fully saturated rings. The van der Waals surface area contributed by atoms with Gasteiger partial charge in [0.15, 0.2) is 0 Å². The zero-order valence-electron chi connectivity index (χ0n) is 16.1. The molecule has 0 aliphatic carbocycles. The lowest BCUT2D eigenvalue weighted by atomic mass is 10.1. The van der Waals surface area contributed by atoms with E-state index < -0.39 is 0 Å². The van der Waals surface area contributed by atoms with Gasteiger partial charge in [-0.3, -0.25) is 10.1 Å². The van der Waals surface area contributed by atoms with Crippen molar-refractivity contribution in [1.82, 2.24) is 9.55 Å². The summed E-state index contributed by atoms with van der Waals surface area (Å²) in [6.45, 7) is 6.23. The number of carbonyl (C=O) groups excluding carboxylic acids is 1. The molecule has 142 valence electrons. The average molecular weight is 365 g/mol. The summed E-state index contributed by atoms with van der Waals surface area (Å²) in [5, 5.41) is 3.00. The highest BCUT2D eigenvalue weighted by Crippen LogP contribution is 2.20. The fraction of sp³-hybridized carbons (Fsp3) is 0.364. The number of nitrogens with one attached hydrogen (secondary N) is 1. The lowest BCUT2D eigenvalue weighted by molar-refractivity contribution is -0.116. The Morgan fingerprint density at radius 2 is 2.04 bits per heavy atom. The Hall–Kier alpha value is -2.66. The molecule has 1 amide bonds. The summed E-state index contributed by atoms with van der Waals surface area (Å²) in [4.78, 5) is 17.1. The largest absolute Gasteiger partial charge is 0.382 e. The third-order valence-corrected chi connectivity index (χ3v) is 4.50.